The molecule has 0 aliphatic heterocycles. The molecule has 0 aliphatic carbocycles. The van der Waals surface area contributed by atoms with Gasteiger partial charge >= 0.3 is 0 Å². The Hall–Kier alpha value is -2.76. The number of aliphatic imine (C=N–C) groups is 1. The van der Waals surface area contributed by atoms with E-state index in [9.17, 15) is 0 Å². The molecule has 2 N–H and O–H groups in total. The maximum Gasteiger partial charge on any atom is 0.191 e. The van der Waals surface area contributed by atoms with Gasteiger partial charge in [0.2, 0.25) is 0 Å². The number of nitrogens with one attached hydrogen (secondary N) is 2. The monoisotopic (exact) mass is 355 g/mol. The zero-order valence-electron chi connectivity index (χ0n) is 16.1. The summed E-state index contributed by atoms with van der Waals surface area (Å²) in [7, 11) is 3.44. The van der Waals surface area contributed by atoms with Crippen LogP contribution in [0.15, 0.2) is 47.6 Å². The highest BCUT2D eigenvalue weighted by Crippen LogP contribution is 2.12. The van der Waals surface area contributed by atoms with Gasteiger partial charge in [-0.1, -0.05) is 18.2 Å². The first-order valence-electron chi connectivity index (χ1n) is 8.97. The summed E-state index contributed by atoms with van der Waals surface area (Å²) in [6, 6.07) is 12.1. The summed E-state index contributed by atoms with van der Waals surface area (Å²) in [6.45, 7) is 7.54. The fourth-order valence-corrected chi connectivity index (χ4v) is 2.63. The molecule has 0 bridgehead atoms. The van der Waals surface area contributed by atoms with Gasteiger partial charge in [-0.25, -0.2) is 4.98 Å². The fraction of sp³-hybridized carbons (Fsp3) is 0.400. The average molecular weight is 355 g/mol. The van der Waals surface area contributed by atoms with Gasteiger partial charge in [0.25, 0.3) is 0 Å². The predicted molar refractivity (Wildman–Crippen MR) is 108 cm³/mol. The van der Waals surface area contributed by atoms with E-state index in [1.165, 1.54) is 0 Å². The van der Waals surface area contributed by atoms with Gasteiger partial charge in [0.15, 0.2) is 5.96 Å². The van der Waals surface area contributed by atoms with Crippen molar-refractivity contribution in [3.63, 3.8) is 0 Å². The molecule has 0 atom stereocenters. The molecular formula is C20H29N5O. The zero-order valence-corrected chi connectivity index (χ0v) is 16.1. The van der Waals surface area contributed by atoms with Crippen LogP contribution in [-0.2, 0) is 13.1 Å². The number of aromatic nitrogens is 1. The number of ether oxygens (including phenoxy) is 1. The van der Waals surface area contributed by atoms with Crippen LogP contribution in [0.3, 0.4) is 0 Å². The third-order valence-corrected chi connectivity index (χ3v) is 4.17. The maximum atomic E-state index is 5.25. The van der Waals surface area contributed by atoms with E-state index in [1.807, 2.05) is 24.4 Å². The lowest BCUT2D eigenvalue weighted by Crippen LogP contribution is -2.36. The molecule has 0 fully saturated rings. The summed E-state index contributed by atoms with van der Waals surface area (Å²) in [5.74, 6) is 2.62. The number of hydrogen-bond acceptors (Lipinski definition) is 4. The van der Waals surface area contributed by atoms with E-state index in [2.05, 4.69) is 57.6 Å². The van der Waals surface area contributed by atoms with E-state index in [0.717, 1.165) is 41.7 Å². The smallest absolute Gasteiger partial charge is 0.191 e. The van der Waals surface area contributed by atoms with Crippen molar-refractivity contribution >= 4 is 11.8 Å². The van der Waals surface area contributed by atoms with Gasteiger partial charge in [-0.05, 0) is 43.2 Å². The molecule has 2 rings (SSSR count). The van der Waals surface area contributed by atoms with E-state index < -0.39 is 0 Å². The Labute approximate surface area is 156 Å². The van der Waals surface area contributed by atoms with Gasteiger partial charge in [-0.15, -0.1) is 0 Å². The van der Waals surface area contributed by atoms with E-state index in [4.69, 9.17) is 4.74 Å². The molecule has 0 amide bonds. The van der Waals surface area contributed by atoms with Crippen LogP contribution in [0, 0.1) is 0 Å². The third kappa shape index (κ3) is 5.65. The zero-order chi connectivity index (χ0) is 18.8. The standard InChI is InChI=1S/C20H29N5O/c1-5-25(6-2)19-11-10-17(14-22-19)15-24-20(21-3)23-13-16-8-7-9-18(12-16)26-4/h7-12,14H,5-6,13,15H2,1-4H3,(H2,21,23,24). The highest BCUT2D eigenvalue weighted by atomic mass is 16.5. The molecule has 0 unspecified atom stereocenters. The SMILES string of the molecule is CCN(CC)c1ccc(CNC(=NC)NCc2cccc(OC)c2)cn1. The van der Waals surface area contributed by atoms with Crippen LogP contribution in [-0.4, -0.2) is 38.2 Å². The lowest BCUT2D eigenvalue weighted by Gasteiger charge is -2.19. The molecule has 1 heterocycles. The molecule has 1 aromatic carbocycles. The van der Waals surface area contributed by atoms with E-state index in [0.29, 0.717) is 13.1 Å². The minimum atomic E-state index is 0.670. The highest BCUT2D eigenvalue weighted by Gasteiger charge is 2.04. The lowest BCUT2D eigenvalue weighted by molar-refractivity contribution is 0.414. The van der Waals surface area contributed by atoms with Crippen LogP contribution in [0.1, 0.15) is 25.0 Å². The van der Waals surface area contributed by atoms with Crippen molar-refractivity contribution in [2.45, 2.75) is 26.9 Å². The van der Waals surface area contributed by atoms with Gasteiger partial charge in [0, 0.05) is 39.4 Å². The Morgan fingerprint density at radius 1 is 1.08 bits per heavy atom. The molecule has 0 aliphatic rings. The van der Waals surface area contributed by atoms with Crippen molar-refractivity contribution < 1.29 is 4.74 Å². The minimum absolute atomic E-state index is 0.670. The Balaban J connectivity index is 1.86. The van der Waals surface area contributed by atoms with E-state index in [1.54, 1.807) is 14.2 Å². The molecule has 6 heteroatoms. The largest absolute Gasteiger partial charge is 0.497 e. The Kier molecular flexibility index (Phi) is 7.74. The van der Waals surface area contributed by atoms with E-state index >= 15 is 0 Å². The Morgan fingerprint density at radius 2 is 1.81 bits per heavy atom. The van der Waals surface area contributed by atoms with Crippen LogP contribution >= 0.6 is 0 Å². The van der Waals surface area contributed by atoms with Crippen molar-refractivity contribution in [3.05, 3.63) is 53.7 Å². The Bertz CT molecular complexity index is 696. The van der Waals surface area contributed by atoms with E-state index in [-0.39, 0.29) is 0 Å². The second kappa shape index (κ2) is 10.3. The second-order valence-electron chi connectivity index (χ2n) is 5.83. The number of methoxy groups -OCH3 is 1. The number of benzene rings is 1. The molecule has 140 valence electrons. The normalized spacial score (nSPS) is 11.2. The molecule has 26 heavy (non-hydrogen) atoms. The summed E-state index contributed by atoms with van der Waals surface area (Å²) in [4.78, 5) is 11.0. The summed E-state index contributed by atoms with van der Waals surface area (Å²) in [5, 5.41) is 6.63. The van der Waals surface area contributed by atoms with Gasteiger partial charge < -0.3 is 20.3 Å². The highest BCUT2D eigenvalue weighted by molar-refractivity contribution is 5.79. The molecule has 0 radical (unpaired) electrons. The number of guanidine groups is 1. The molecule has 0 saturated carbocycles. The van der Waals surface area contributed by atoms with Crippen molar-refractivity contribution in [1.29, 1.82) is 0 Å². The van der Waals surface area contributed by atoms with Crippen molar-refractivity contribution in [1.82, 2.24) is 15.6 Å². The van der Waals surface area contributed by atoms with Crippen LogP contribution in [0.5, 0.6) is 5.75 Å². The number of anilines is 1. The lowest BCUT2D eigenvalue weighted by atomic mass is 10.2. The van der Waals surface area contributed by atoms with Crippen molar-refractivity contribution in [2.24, 2.45) is 4.99 Å². The first kappa shape index (κ1) is 19.6. The average Bonchev–Trinajstić information content (AvgIpc) is 2.70. The van der Waals surface area contributed by atoms with Gasteiger partial charge in [-0.2, -0.15) is 0 Å². The summed E-state index contributed by atoms with van der Waals surface area (Å²) < 4.78 is 5.25. The molecule has 0 spiro atoms. The quantitative estimate of drug-likeness (QED) is 0.563. The van der Waals surface area contributed by atoms with Gasteiger partial charge in [0.05, 0.1) is 7.11 Å². The fourth-order valence-electron chi connectivity index (χ4n) is 2.63. The minimum Gasteiger partial charge on any atom is -0.497 e. The molecule has 2 aromatic rings. The Morgan fingerprint density at radius 3 is 2.38 bits per heavy atom. The van der Waals surface area contributed by atoms with Crippen LogP contribution in [0.25, 0.3) is 0 Å². The van der Waals surface area contributed by atoms with Crippen molar-refractivity contribution in [2.75, 3.05) is 32.1 Å². The van der Waals surface area contributed by atoms with Gasteiger partial charge in [0.1, 0.15) is 11.6 Å². The number of rotatable bonds is 8. The summed E-state index contributed by atoms with van der Waals surface area (Å²) in [5.41, 5.74) is 2.25. The summed E-state index contributed by atoms with van der Waals surface area (Å²) in [6.07, 6.45) is 1.91. The predicted octanol–water partition coefficient (Wildman–Crippen LogP) is 2.80. The topological polar surface area (TPSA) is 61.8 Å². The molecule has 0 saturated heterocycles. The van der Waals surface area contributed by atoms with Crippen LogP contribution in [0.2, 0.25) is 0 Å². The molecule has 1 aromatic heterocycles. The third-order valence-electron chi connectivity index (χ3n) is 4.17. The first-order valence-corrected chi connectivity index (χ1v) is 8.97. The van der Waals surface area contributed by atoms with Crippen LogP contribution < -0.4 is 20.3 Å². The first-order chi connectivity index (χ1) is 12.7. The maximum absolute atomic E-state index is 5.25. The molecular weight excluding hydrogens is 326 g/mol. The molecule has 6 nitrogen and oxygen atoms in total. The number of pyridine rings is 1. The number of hydrogen-bond donors (Lipinski definition) is 2. The number of nitrogens with zero attached hydrogens (tertiary/aromatic N) is 3. The van der Waals surface area contributed by atoms with Crippen molar-refractivity contribution in [3.8, 4) is 5.75 Å². The van der Waals surface area contributed by atoms with Gasteiger partial charge in [-0.3, -0.25) is 4.99 Å². The van der Waals surface area contributed by atoms with Crippen LogP contribution in [0.4, 0.5) is 5.82 Å². The summed E-state index contributed by atoms with van der Waals surface area (Å²) >= 11 is 0. The second-order valence-corrected chi connectivity index (χ2v) is 5.83.